The third-order valence-electron chi connectivity index (χ3n) is 3.75. The number of nitrogens with zero attached hydrogens (tertiary/aromatic N) is 1. The number of nitrogens with one attached hydrogen (secondary N) is 2. The topological polar surface area (TPSA) is 54.9 Å². The first-order valence-electron chi connectivity index (χ1n) is 8.83. The molecule has 0 heterocycles. The van der Waals surface area contributed by atoms with Crippen molar-refractivity contribution in [1.82, 2.24) is 10.7 Å². The van der Waals surface area contributed by atoms with E-state index in [4.69, 9.17) is 21.7 Å². The van der Waals surface area contributed by atoms with Gasteiger partial charge in [0.15, 0.2) is 16.6 Å². The molecule has 7 heteroatoms. The minimum Gasteiger partial charge on any atom is -0.493 e. The van der Waals surface area contributed by atoms with Crippen molar-refractivity contribution in [3.05, 3.63) is 71.6 Å². The minimum atomic E-state index is -0.278. The summed E-state index contributed by atoms with van der Waals surface area (Å²) in [4.78, 5) is 0. The van der Waals surface area contributed by atoms with Gasteiger partial charge in [-0.25, -0.2) is 4.39 Å². The van der Waals surface area contributed by atoms with Gasteiger partial charge in [0.2, 0.25) is 0 Å². The molecule has 0 saturated carbocycles. The summed E-state index contributed by atoms with van der Waals surface area (Å²) >= 11 is 5.08. The number of methoxy groups -OCH3 is 1. The molecule has 0 saturated heterocycles. The van der Waals surface area contributed by atoms with E-state index in [1.807, 2.05) is 19.1 Å². The monoisotopic (exact) mass is 401 g/mol. The van der Waals surface area contributed by atoms with Crippen LogP contribution in [0.3, 0.4) is 0 Å². The van der Waals surface area contributed by atoms with E-state index in [2.05, 4.69) is 22.4 Å². The molecule has 0 amide bonds. The van der Waals surface area contributed by atoms with E-state index in [9.17, 15) is 4.39 Å². The third kappa shape index (κ3) is 6.35. The molecule has 0 radical (unpaired) electrons. The molecule has 0 unspecified atom stereocenters. The molecular weight excluding hydrogens is 377 g/mol. The van der Waals surface area contributed by atoms with Crippen LogP contribution in [0, 0.1) is 5.82 Å². The predicted molar refractivity (Wildman–Crippen MR) is 115 cm³/mol. The average molecular weight is 402 g/mol. The third-order valence-corrected chi connectivity index (χ3v) is 3.99. The first-order valence-corrected chi connectivity index (χ1v) is 9.24. The van der Waals surface area contributed by atoms with Crippen LogP contribution in [-0.2, 0) is 13.0 Å². The molecule has 0 fully saturated rings. The Kier molecular flexibility index (Phi) is 8.42. The summed E-state index contributed by atoms with van der Waals surface area (Å²) in [5.74, 6) is 0.928. The molecule has 5 nitrogen and oxygen atoms in total. The van der Waals surface area contributed by atoms with E-state index in [0.717, 1.165) is 23.2 Å². The Hall–Kier alpha value is -2.93. The normalized spacial score (nSPS) is 10.5. The summed E-state index contributed by atoms with van der Waals surface area (Å²) in [6.45, 7) is 6.78. The summed E-state index contributed by atoms with van der Waals surface area (Å²) in [6, 6.07) is 9.97. The van der Waals surface area contributed by atoms with Crippen molar-refractivity contribution >= 4 is 23.5 Å². The zero-order valence-electron chi connectivity index (χ0n) is 16.0. The highest BCUT2D eigenvalue weighted by molar-refractivity contribution is 7.80. The van der Waals surface area contributed by atoms with Gasteiger partial charge < -0.3 is 14.8 Å². The van der Waals surface area contributed by atoms with Crippen LogP contribution >= 0.6 is 12.2 Å². The van der Waals surface area contributed by atoms with E-state index >= 15 is 0 Å². The van der Waals surface area contributed by atoms with Gasteiger partial charge in [0.1, 0.15) is 12.4 Å². The van der Waals surface area contributed by atoms with Gasteiger partial charge in [0.05, 0.1) is 13.3 Å². The lowest BCUT2D eigenvalue weighted by Gasteiger charge is -2.16. The van der Waals surface area contributed by atoms with Crippen LogP contribution in [0.4, 0.5) is 4.39 Å². The zero-order valence-corrected chi connectivity index (χ0v) is 16.8. The maximum absolute atomic E-state index is 13.1. The Morgan fingerprint density at radius 3 is 2.68 bits per heavy atom. The first kappa shape index (κ1) is 21.4. The molecule has 0 atom stereocenters. The molecule has 0 bridgehead atoms. The molecule has 148 valence electrons. The van der Waals surface area contributed by atoms with Crippen molar-refractivity contribution in [2.75, 3.05) is 13.7 Å². The van der Waals surface area contributed by atoms with Crippen molar-refractivity contribution in [1.29, 1.82) is 0 Å². The van der Waals surface area contributed by atoms with Crippen LogP contribution in [0.1, 0.15) is 23.6 Å². The summed E-state index contributed by atoms with van der Waals surface area (Å²) in [6.07, 6.45) is 4.04. The van der Waals surface area contributed by atoms with Crippen LogP contribution in [0.5, 0.6) is 11.5 Å². The quantitative estimate of drug-likeness (QED) is 0.288. The van der Waals surface area contributed by atoms with E-state index in [-0.39, 0.29) is 5.82 Å². The second-order valence-electron chi connectivity index (χ2n) is 5.85. The van der Waals surface area contributed by atoms with Crippen molar-refractivity contribution in [3.63, 3.8) is 0 Å². The number of hydrogen-bond donors (Lipinski definition) is 2. The first-order chi connectivity index (χ1) is 13.6. The Labute approximate surface area is 170 Å². The number of allylic oxidation sites excluding steroid dienone is 1. The highest BCUT2D eigenvalue weighted by atomic mass is 32.1. The van der Waals surface area contributed by atoms with Crippen LogP contribution < -0.4 is 20.2 Å². The average Bonchev–Trinajstić information content (AvgIpc) is 2.68. The Bertz CT molecular complexity index is 838. The lowest BCUT2D eigenvalue weighted by atomic mass is 10.1. The van der Waals surface area contributed by atoms with Crippen molar-refractivity contribution in [2.45, 2.75) is 20.0 Å². The van der Waals surface area contributed by atoms with Gasteiger partial charge in [-0.15, -0.1) is 6.58 Å². The summed E-state index contributed by atoms with van der Waals surface area (Å²) in [5, 5.41) is 7.54. The van der Waals surface area contributed by atoms with Crippen molar-refractivity contribution in [3.8, 4) is 11.5 Å². The molecule has 2 aromatic rings. The SMILES string of the molecule is C=CCc1cc(/C=N\NC(=S)NCC)cc(OC)c1OCc1ccc(F)cc1. The highest BCUT2D eigenvalue weighted by Crippen LogP contribution is 2.34. The number of benzene rings is 2. The van der Waals surface area contributed by atoms with Gasteiger partial charge in [-0.05, 0) is 61.0 Å². The number of rotatable bonds is 9. The number of thiocarbonyl (C=S) groups is 1. The largest absolute Gasteiger partial charge is 0.493 e. The molecule has 2 aromatic carbocycles. The molecule has 28 heavy (non-hydrogen) atoms. The van der Waals surface area contributed by atoms with Crippen LogP contribution in [-0.4, -0.2) is 25.0 Å². The lowest BCUT2D eigenvalue weighted by molar-refractivity contribution is 0.282. The number of halogens is 1. The lowest BCUT2D eigenvalue weighted by Crippen LogP contribution is -2.31. The summed E-state index contributed by atoms with van der Waals surface area (Å²) in [5.41, 5.74) is 5.35. The van der Waals surface area contributed by atoms with Gasteiger partial charge in [-0.1, -0.05) is 18.2 Å². The standard InChI is InChI=1S/C21H24FN3O2S/c1-4-6-17-11-16(13-24-25-21(28)23-5-2)12-19(26-3)20(17)27-14-15-7-9-18(22)10-8-15/h4,7-13H,1,5-6,14H2,2-3H3,(H2,23,25,28)/b24-13-. The van der Waals surface area contributed by atoms with Crippen LogP contribution in [0.25, 0.3) is 0 Å². The molecular formula is C21H24FN3O2S. The van der Waals surface area contributed by atoms with Gasteiger partial charge in [0, 0.05) is 12.1 Å². The molecule has 2 N–H and O–H groups in total. The maximum Gasteiger partial charge on any atom is 0.186 e. The number of ether oxygens (including phenoxy) is 2. The van der Waals surface area contributed by atoms with Crippen LogP contribution in [0.15, 0.2) is 54.2 Å². The number of hydrogen-bond acceptors (Lipinski definition) is 4. The van der Waals surface area contributed by atoms with Gasteiger partial charge in [-0.3, -0.25) is 5.43 Å². The summed E-state index contributed by atoms with van der Waals surface area (Å²) in [7, 11) is 1.58. The van der Waals surface area contributed by atoms with E-state index in [1.165, 1.54) is 12.1 Å². The molecule has 2 rings (SSSR count). The Balaban J connectivity index is 2.21. The van der Waals surface area contributed by atoms with Gasteiger partial charge in [0.25, 0.3) is 0 Å². The zero-order chi connectivity index (χ0) is 20.4. The smallest absolute Gasteiger partial charge is 0.186 e. The molecule has 0 aliphatic rings. The summed E-state index contributed by atoms with van der Waals surface area (Å²) < 4.78 is 24.6. The van der Waals surface area contributed by atoms with E-state index in [1.54, 1.807) is 31.5 Å². The fourth-order valence-corrected chi connectivity index (χ4v) is 2.68. The molecule has 0 aliphatic heterocycles. The van der Waals surface area contributed by atoms with Crippen molar-refractivity contribution < 1.29 is 13.9 Å². The Morgan fingerprint density at radius 2 is 2.04 bits per heavy atom. The van der Waals surface area contributed by atoms with Gasteiger partial charge in [-0.2, -0.15) is 5.10 Å². The highest BCUT2D eigenvalue weighted by Gasteiger charge is 2.13. The predicted octanol–water partition coefficient (Wildman–Crippen LogP) is 3.96. The second kappa shape index (κ2) is 11.0. The number of hydrazone groups is 1. The Morgan fingerprint density at radius 1 is 1.29 bits per heavy atom. The van der Waals surface area contributed by atoms with Crippen molar-refractivity contribution in [2.24, 2.45) is 5.10 Å². The second-order valence-corrected chi connectivity index (χ2v) is 6.26. The molecule has 0 aromatic heterocycles. The van der Waals surface area contributed by atoms with E-state index in [0.29, 0.717) is 29.6 Å². The van der Waals surface area contributed by atoms with Crippen LogP contribution in [0.2, 0.25) is 0 Å². The minimum absolute atomic E-state index is 0.278. The molecule has 0 aliphatic carbocycles. The van der Waals surface area contributed by atoms with Gasteiger partial charge >= 0.3 is 0 Å². The fourth-order valence-electron chi connectivity index (χ4n) is 2.48. The molecule has 0 spiro atoms. The fraction of sp³-hybridized carbons (Fsp3) is 0.238. The maximum atomic E-state index is 13.1. The van der Waals surface area contributed by atoms with E-state index < -0.39 is 0 Å².